The van der Waals surface area contributed by atoms with Gasteiger partial charge in [0.05, 0.1) is 12.1 Å². The van der Waals surface area contributed by atoms with Gasteiger partial charge in [0.15, 0.2) is 0 Å². The third-order valence-electron chi connectivity index (χ3n) is 4.26. The van der Waals surface area contributed by atoms with Crippen molar-refractivity contribution in [2.45, 2.75) is 12.3 Å². The molecule has 1 aromatic heterocycles. The number of ether oxygens (including phenoxy) is 1. The first-order chi connectivity index (χ1) is 11.2. The first kappa shape index (κ1) is 15.9. The molecule has 3 nitrogen and oxygen atoms in total. The van der Waals surface area contributed by atoms with Crippen LogP contribution < -0.4 is 10.1 Å². The zero-order valence-electron chi connectivity index (χ0n) is 13.4. The molecule has 0 fully saturated rings. The maximum atomic E-state index is 6.46. The number of methoxy groups -OCH3 is 1. The van der Waals surface area contributed by atoms with Gasteiger partial charge in [-0.3, -0.25) is 0 Å². The average Bonchev–Trinajstić information content (AvgIpc) is 3.01. The van der Waals surface area contributed by atoms with Crippen LogP contribution in [0.25, 0.3) is 10.9 Å². The first-order valence-corrected chi connectivity index (χ1v) is 8.16. The Balaban J connectivity index is 2.06. The Morgan fingerprint density at radius 3 is 2.65 bits per heavy atom. The second-order valence-electron chi connectivity index (χ2n) is 5.62. The van der Waals surface area contributed by atoms with Gasteiger partial charge in [-0.25, -0.2) is 0 Å². The van der Waals surface area contributed by atoms with E-state index in [1.54, 1.807) is 7.11 Å². The van der Waals surface area contributed by atoms with Gasteiger partial charge in [0.2, 0.25) is 0 Å². The van der Waals surface area contributed by atoms with Gasteiger partial charge >= 0.3 is 0 Å². The van der Waals surface area contributed by atoms with E-state index in [1.807, 2.05) is 31.3 Å². The topological polar surface area (TPSA) is 37.0 Å². The van der Waals surface area contributed by atoms with Crippen LogP contribution in [0.15, 0.2) is 48.7 Å². The van der Waals surface area contributed by atoms with Gasteiger partial charge < -0.3 is 15.0 Å². The fraction of sp³-hybridized carbons (Fsp3) is 0.263. The smallest absolute Gasteiger partial charge is 0.118 e. The van der Waals surface area contributed by atoms with Crippen molar-refractivity contribution in [3.05, 3.63) is 64.8 Å². The molecule has 0 radical (unpaired) electrons. The molecule has 1 unspecified atom stereocenters. The van der Waals surface area contributed by atoms with E-state index < -0.39 is 0 Å². The number of halogens is 1. The van der Waals surface area contributed by atoms with Crippen LogP contribution >= 0.6 is 11.6 Å². The molecule has 0 aliphatic rings. The van der Waals surface area contributed by atoms with Gasteiger partial charge in [0, 0.05) is 23.0 Å². The van der Waals surface area contributed by atoms with Crippen molar-refractivity contribution in [1.82, 2.24) is 10.3 Å². The third kappa shape index (κ3) is 3.21. The number of hydrogen-bond acceptors (Lipinski definition) is 2. The van der Waals surface area contributed by atoms with Gasteiger partial charge in [0.25, 0.3) is 0 Å². The highest BCUT2D eigenvalue weighted by Crippen LogP contribution is 2.36. The minimum Gasteiger partial charge on any atom is -0.497 e. The highest BCUT2D eigenvalue weighted by atomic mass is 35.5. The number of nitrogens with one attached hydrogen (secondary N) is 2. The van der Waals surface area contributed by atoms with Gasteiger partial charge in [0.1, 0.15) is 5.75 Å². The van der Waals surface area contributed by atoms with E-state index in [2.05, 4.69) is 34.7 Å². The Hall–Kier alpha value is -1.97. The van der Waals surface area contributed by atoms with Gasteiger partial charge in [-0.05, 0) is 55.4 Å². The molecule has 0 aliphatic carbocycles. The van der Waals surface area contributed by atoms with E-state index in [4.69, 9.17) is 16.3 Å². The lowest BCUT2D eigenvalue weighted by Crippen LogP contribution is -2.13. The van der Waals surface area contributed by atoms with Crippen LogP contribution in [0.2, 0.25) is 5.02 Å². The lowest BCUT2D eigenvalue weighted by molar-refractivity contribution is 0.414. The molecule has 0 bridgehead atoms. The summed E-state index contributed by atoms with van der Waals surface area (Å²) in [5, 5.41) is 5.16. The van der Waals surface area contributed by atoms with Gasteiger partial charge in [-0.2, -0.15) is 0 Å². The molecule has 1 heterocycles. The molecule has 120 valence electrons. The number of aromatic amines is 1. The normalized spacial score (nSPS) is 12.5. The number of fused-ring (bicyclic) bond motifs is 1. The van der Waals surface area contributed by atoms with Crippen LogP contribution in [0.5, 0.6) is 5.75 Å². The van der Waals surface area contributed by atoms with Crippen LogP contribution in [0.1, 0.15) is 23.5 Å². The molecule has 2 aromatic carbocycles. The Labute approximate surface area is 141 Å². The zero-order valence-corrected chi connectivity index (χ0v) is 14.2. The van der Waals surface area contributed by atoms with Crippen LogP contribution in [0.4, 0.5) is 0 Å². The lowest BCUT2D eigenvalue weighted by atomic mass is 9.88. The predicted molar refractivity (Wildman–Crippen MR) is 96.7 cm³/mol. The Morgan fingerprint density at radius 2 is 1.96 bits per heavy atom. The van der Waals surface area contributed by atoms with Gasteiger partial charge in [-0.15, -0.1) is 0 Å². The SMILES string of the molecule is CNCCC(c1ccc(OC)cc1)c1c[nH]c2cccc(Cl)c12. The number of benzene rings is 2. The summed E-state index contributed by atoms with van der Waals surface area (Å²) < 4.78 is 5.27. The summed E-state index contributed by atoms with van der Waals surface area (Å²) in [6, 6.07) is 14.3. The summed E-state index contributed by atoms with van der Waals surface area (Å²) >= 11 is 6.46. The fourth-order valence-electron chi connectivity index (χ4n) is 3.07. The van der Waals surface area contributed by atoms with E-state index in [0.717, 1.165) is 34.6 Å². The molecule has 0 aliphatic heterocycles. The maximum Gasteiger partial charge on any atom is 0.118 e. The number of hydrogen-bond donors (Lipinski definition) is 2. The van der Waals surface area contributed by atoms with E-state index in [-0.39, 0.29) is 5.92 Å². The summed E-state index contributed by atoms with van der Waals surface area (Å²) in [7, 11) is 3.67. The van der Waals surface area contributed by atoms with E-state index in [1.165, 1.54) is 11.1 Å². The number of rotatable bonds is 6. The summed E-state index contributed by atoms with van der Waals surface area (Å²) in [6.45, 7) is 0.938. The quantitative estimate of drug-likeness (QED) is 0.695. The van der Waals surface area contributed by atoms with Crippen molar-refractivity contribution in [1.29, 1.82) is 0 Å². The molecule has 0 amide bonds. The third-order valence-corrected chi connectivity index (χ3v) is 4.58. The van der Waals surface area contributed by atoms with Gasteiger partial charge in [-0.1, -0.05) is 29.8 Å². The summed E-state index contributed by atoms with van der Waals surface area (Å²) in [6.07, 6.45) is 3.09. The molecular formula is C19H21ClN2O. The Morgan fingerprint density at radius 1 is 1.17 bits per heavy atom. The van der Waals surface area contributed by atoms with E-state index >= 15 is 0 Å². The van der Waals surface area contributed by atoms with Crippen molar-refractivity contribution >= 4 is 22.5 Å². The molecule has 0 saturated heterocycles. The van der Waals surface area contributed by atoms with Crippen molar-refractivity contribution in [2.75, 3.05) is 20.7 Å². The maximum absolute atomic E-state index is 6.46. The van der Waals surface area contributed by atoms with Crippen LogP contribution in [-0.2, 0) is 0 Å². The predicted octanol–water partition coefficient (Wildman–Crippen LogP) is 4.57. The molecule has 3 aromatic rings. The molecule has 3 rings (SSSR count). The zero-order chi connectivity index (χ0) is 16.2. The monoisotopic (exact) mass is 328 g/mol. The minimum atomic E-state index is 0.280. The van der Waals surface area contributed by atoms with Crippen LogP contribution in [0, 0.1) is 0 Å². The average molecular weight is 329 g/mol. The molecular weight excluding hydrogens is 308 g/mol. The molecule has 0 saturated carbocycles. The van der Waals surface area contributed by atoms with E-state index in [0.29, 0.717) is 0 Å². The second-order valence-corrected chi connectivity index (χ2v) is 6.03. The summed E-state index contributed by atoms with van der Waals surface area (Å²) in [5.41, 5.74) is 3.59. The van der Waals surface area contributed by atoms with Crippen molar-refractivity contribution < 1.29 is 4.74 Å². The Kier molecular flexibility index (Phi) is 4.89. The highest BCUT2D eigenvalue weighted by molar-refractivity contribution is 6.35. The largest absolute Gasteiger partial charge is 0.497 e. The standard InChI is InChI=1S/C19H21ClN2O/c1-21-11-10-15(13-6-8-14(23-2)9-7-13)16-12-22-18-5-3-4-17(20)19(16)18/h3-9,12,15,21-22H,10-11H2,1-2H3. The lowest BCUT2D eigenvalue weighted by Gasteiger charge is -2.18. The molecule has 1 atom stereocenters. The van der Waals surface area contributed by atoms with Crippen molar-refractivity contribution in [2.24, 2.45) is 0 Å². The van der Waals surface area contributed by atoms with E-state index in [9.17, 15) is 0 Å². The Bertz CT molecular complexity index is 780. The first-order valence-electron chi connectivity index (χ1n) is 7.78. The molecule has 23 heavy (non-hydrogen) atoms. The van der Waals surface area contributed by atoms with Crippen molar-refractivity contribution in [3.63, 3.8) is 0 Å². The molecule has 2 N–H and O–H groups in total. The fourth-order valence-corrected chi connectivity index (χ4v) is 3.35. The number of aromatic nitrogens is 1. The van der Waals surface area contributed by atoms with Crippen LogP contribution in [0.3, 0.4) is 0 Å². The minimum absolute atomic E-state index is 0.280. The highest BCUT2D eigenvalue weighted by Gasteiger charge is 2.19. The van der Waals surface area contributed by atoms with Crippen molar-refractivity contribution in [3.8, 4) is 5.75 Å². The molecule has 4 heteroatoms. The van der Waals surface area contributed by atoms with Crippen LogP contribution in [-0.4, -0.2) is 25.7 Å². The summed E-state index contributed by atoms with van der Waals surface area (Å²) in [4.78, 5) is 3.35. The summed E-state index contributed by atoms with van der Waals surface area (Å²) in [5.74, 6) is 1.15. The second kappa shape index (κ2) is 7.07. The number of H-pyrrole nitrogens is 1. The molecule has 0 spiro atoms.